The van der Waals surface area contributed by atoms with Gasteiger partial charge in [0.2, 0.25) is 0 Å². The van der Waals surface area contributed by atoms with E-state index in [9.17, 15) is 0 Å². The van der Waals surface area contributed by atoms with E-state index in [0.29, 0.717) is 0 Å². The van der Waals surface area contributed by atoms with Crippen LogP contribution in [0.1, 0.15) is 6.92 Å². The fourth-order valence-corrected chi connectivity index (χ4v) is 0.572. The Morgan fingerprint density at radius 1 is 1.86 bits per heavy atom. The van der Waals surface area contributed by atoms with Crippen LogP contribution in [0.4, 0.5) is 0 Å². The summed E-state index contributed by atoms with van der Waals surface area (Å²) in [5.74, 6) is 0.917. The molecule has 1 rings (SSSR count). The van der Waals surface area contributed by atoms with Crippen LogP contribution in [0.2, 0.25) is 0 Å². The van der Waals surface area contributed by atoms with Crippen LogP contribution < -0.4 is 5.32 Å². The van der Waals surface area contributed by atoms with Crippen LogP contribution in [0.15, 0.2) is 12.0 Å². The van der Waals surface area contributed by atoms with Crippen LogP contribution >= 0.6 is 0 Å². The summed E-state index contributed by atoms with van der Waals surface area (Å²) in [6, 6.07) is 0. The van der Waals surface area contributed by atoms with E-state index in [0.717, 1.165) is 19.0 Å². The number of hydrogen-bond acceptors (Lipinski definition) is 2. The lowest BCUT2D eigenvalue weighted by Gasteiger charge is -1.91. The third-order valence-corrected chi connectivity index (χ3v) is 0.921. The second-order valence-electron chi connectivity index (χ2n) is 1.43. The third kappa shape index (κ3) is 0.856. The van der Waals surface area contributed by atoms with Crippen molar-refractivity contribution in [2.45, 2.75) is 6.92 Å². The first kappa shape index (κ1) is 4.50. The number of rotatable bonds is 0. The second kappa shape index (κ2) is 1.87. The molecule has 0 bridgehead atoms. The van der Waals surface area contributed by atoms with E-state index < -0.39 is 0 Å². The maximum atomic E-state index is 5.05. The monoisotopic (exact) mass is 99.1 g/mol. The van der Waals surface area contributed by atoms with Gasteiger partial charge >= 0.3 is 0 Å². The third-order valence-electron chi connectivity index (χ3n) is 0.921. The van der Waals surface area contributed by atoms with Crippen molar-refractivity contribution < 1.29 is 4.74 Å². The van der Waals surface area contributed by atoms with Gasteiger partial charge in [0, 0.05) is 0 Å². The maximum Gasteiger partial charge on any atom is 0.182 e. The Labute approximate surface area is 43.2 Å². The van der Waals surface area contributed by atoms with Crippen LogP contribution in [0.3, 0.4) is 0 Å². The van der Waals surface area contributed by atoms with Gasteiger partial charge in [-0.05, 0) is 13.0 Å². The smallest absolute Gasteiger partial charge is 0.182 e. The van der Waals surface area contributed by atoms with E-state index in [1.165, 1.54) is 0 Å². The van der Waals surface area contributed by atoms with Gasteiger partial charge in [-0.3, -0.25) is 0 Å². The van der Waals surface area contributed by atoms with Crippen LogP contribution in [-0.4, -0.2) is 13.2 Å². The van der Waals surface area contributed by atoms with E-state index in [-0.39, 0.29) is 0 Å². The first-order valence-electron chi connectivity index (χ1n) is 2.46. The van der Waals surface area contributed by atoms with Crippen molar-refractivity contribution >= 4 is 0 Å². The zero-order valence-electron chi connectivity index (χ0n) is 4.40. The lowest BCUT2D eigenvalue weighted by Crippen LogP contribution is -2.03. The minimum Gasteiger partial charge on any atom is -0.478 e. The molecule has 0 aromatic carbocycles. The standard InChI is InChI=1S/C5H9NO/c1-2-5-6-3-4-7-5/h2,6H,3-4H2,1H3. The van der Waals surface area contributed by atoms with Crippen molar-refractivity contribution in [2.24, 2.45) is 0 Å². The Morgan fingerprint density at radius 2 is 2.71 bits per heavy atom. The first-order valence-corrected chi connectivity index (χ1v) is 2.46. The van der Waals surface area contributed by atoms with Crippen LogP contribution in [0, 0.1) is 0 Å². The average Bonchev–Trinajstić information content (AvgIpc) is 2.14. The Bertz CT molecular complexity index is 80.1. The fraction of sp³-hybridized carbons (Fsp3) is 0.600. The molecule has 1 saturated heterocycles. The van der Waals surface area contributed by atoms with Gasteiger partial charge in [0.1, 0.15) is 6.61 Å². The van der Waals surface area contributed by atoms with Gasteiger partial charge < -0.3 is 10.1 Å². The van der Waals surface area contributed by atoms with Gasteiger partial charge in [-0.2, -0.15) is 0 Å². The maximum absolute atomic E-state index is 5.05. The molecule has 0 aliphatic carbocycles. The molecule has 0 amide bonds. The molecule has 7 heavy (non-hydrogen) atoms. The van der Waals surface area contributed by atoms with Crippen molar-refractivity contribution in [1.29, 1.82) is 0 Å². The van der Waals surface area contributed by atoms with E-state index in [1.807, 2.05) is 13.0 Å². The summed E-state index contributed by atoms with van der Waals surface area (Å²) in [5.41, 5.74) is 0. The molecule has 0 aromatic heterocycles. The Morgan fingerprint density at radius 3 is 3.00 bits per heavy atom. The minimum atomic E-state index is 0.819. The highest BCUT2D eigenvalue weighted by atomic mass is 16.5. The molecule has 0 saturated carbocycles. The number of nitrogens with one attached hydrogen (secondary N) is 1. The summed E-state index contributed by atoms with van der Waals surface area (Å²) in [4.78, 5) is 0. The molecule has 2 nitrogen and oxygen atoms in total. The van der Waals surface area contributed by atoms with Gasteiger partial charge in [-0.25, -0.2) is 0 Å². The van der Waals surface area contributed by atoms with Gasteiger partial charge in [-0.15, -0.1) is 0 Å². The zero-order chi connectivity index (χ0) is 5.11. The lowest BCUT2D eigenvalue weighted by atomic mass is 10.6. The van der Waals surface area contributed by atoms with E-state index in [2.05, 4.69) is 5.32 Å². The fourth-order valence-electron chi connectivity index (χ4n) is 0.572. The zero-order valence-corrected chi connectivity index (χ0v) is 4.40. The molecule has 0 radical (unpaired) electrons. The molecule has 1 fully saturated rings. The molecule has 0 atom stereocenters. The predicted octanol–water partition coefficient (Wildman–Crippen LogP) is 0.467. The van der Waals surface area contributed by atoms with E-state index in [4.69, 9.17) is 4.74 Å². The number of hydrogen-bond donors (Lipinski definition) is 1. The largest absolute Gasteiger partial charge is 0.478 e. The molecule has 0 unspecified atom stereocenters. The molecule has 0 spiro atoms. The van der Waals surface area contributed by atoms with Gasteiger partial charge in [-0.1, -0.05) is 0 Å². The summed E-state index contributed by atoms with van der Waals surface area (Å²) in [6.45, 7) is 3.73. The summed E-state index contributed by atoms with van der Waals surface area (Å²) < 4.78 is 5.05. The van der Waals surface area contributed by atoms with Crippen molar-refractivity contribution in [2.75, 3.05) is 13.2 Å². The van der Waals surface area contributed by atoms with Crippen LogP contribution in [0.25, 0.3) is 0 Å². The molecule has 1 heterocycles. The summed E-state index contributed by atoms with van der Waals surface area (Å²) in [5, 5.41) is 3.05. The Kier molecular flexibility index (Phi) is 1.20. The quantitative estimate of drug-likeness (QED) is 0.476. The molecule has 1 aliphatic heterocycles. The van der Waals surface area contributed by atoms with Gasteiger partial charge in [0.25, 0.3) is 0 Å². The topological polar surface area (TPSA) is 21.3 Å². The molecular formula is C5H9NO. The average molecular weight is 99.1 g/mol. The van der Waals surface area contributed by atoms with E-state index >= 15 is 0 Å². The van der Waals surface area contributed by atoms with Crippen molar-refractivity contribution in [3.8, 4) is 0 Å². The highest BCUT2D eigenvalue weighted by molar-refractivity contribution is 4.90. The van der Waals surface area contributed by atoms with Gasteiger partial charge in [0.05, 0.1) is 6.54 Å². The predicted molar refractivity (Wildman–Crippen MR) is 27.7 cm³/mol. The normalized spacial score (nSPS) is 24.4. The summed E-state index contributed by atoms with van der Waals surface area (Å²) >= 11 is 0. The van der Waals surface area contributed by atoms with Crippen LogP contribution in [-0.2, 0) is 4.74 Å². The Balaban J connectivity index is 2.41. The van der Waals surface area contributed by atoms with E-state index in [1.54, 1.807) is 0 Å². The summed E-state index contributed by atoms with van der Waals surface area (Å²) in [6.07, 6.45) is 1.92. The molecular weight excluding hydrogens is 90.1 g/mol. The second-order valence-corrected chi connectivity index (χ2v) is 1.43. The molecule has 0 aromatic rings. The van der Waals surface area contributed by atoms with Gasteiger partial charge in [0.15, 0.2) is 5.88 Å². The molecule has 40 valence electrons. The van der Waals surface area contributed by atoms with Crippen molar-refractivity contribution in [3.63, 3.8) is 0 Å². The number of ether oxygens (including phenoxy) is 1. The summed E-state index contributed by atoms with van der Waals surface area (Å²) in [7, 11) is 0. The highest BCUT2D eigenvalue weighted by Crippen LogP contribution is 1.96. The molecule has 1 aliphatic rings. The Hall–Kier alpha value is -0.660. The minimum absolute atomic E-state index is 0.819. The van der Waals surface area contributed by atoms with Crippen molar-refractivity contribution in [3.05, 3.63) is 12.0 Å². The molecule has 1 N–H and O–H groups in total. The SMILES string of the molecule is CC=C1NCCO1. The van der Waals surface area contributed by atoms with Crippen molar-refractivity contribution in [1.82, 2.24) is 5.32 Å². The van der Waals surface area contributed by atoms with Crippen LogP contribution in [0.5, 0.6) is 0 Å². The lowest BCUT2D eigenvalue weighted by molar-refractivity contribution is 0.265. The molecule has 2 heteroatoms. The number of allylic oxidation sites excluding steroid dienone is 1. The highest BCUT2D eigenvalue weighted by Gasteiger charge is 2.01. The first-order chi connectivity index (χ1) is 3.43.